The van der Waals surface area contributed by atoms with E-state index in [4.69, 9.17) is 0 Å². The minimum Gasteiger partial charge on any atom is -0.106 e. The highest BCUT2D eigenvalue weighted by atomic mass is 13.6. The lowest BCUT2D eigenvalue weighted by Gasteiger charge is -1.65. The van der Waals surface area contributed by atoms with Crippen molar-refractivity contribution in [1.29, 1.82) is 0 Å². The summed E-state index contributed by atoms with van der Waals surface area (Å²) in [4.78, 5) is 0. The standard InChI is InChI=1S/2C4H8.C3H6.3C2H6.C2H4/c1-4(2)3;1-3-4-2;1-3-2;4*1-2/h1H2,2-3H3;3-4H,1-2H3;3H,1H2,2H3;3*1-2H3;1-2H2/b;4-3-;;;;;. The Hall–Kier alpha value is -1.04. The lowest BCUT2D eigenvalue weighted by molar-refractivity contribution is 1.42. The van der Waals surface area contributed by atoms with Crippen LogP contribution < -0.4 is 0 Å². The second-order valence-corrected chi connectivity index (χ2v) is 2.28. The Morgan fingerprint density at radius 3 is 0.737 bits per heavy atom. The summed E-state index contributed by atoms with van der Waals surface area (Å²) in [6, 6.07) is 0. The molecule has 0 heterocycles. The fraction of sp³-hybridized carbons (Fsp3) is 0.579. The number of rotatable bonds is 0. The molecule has 0 spiro atoms. The lowest BCUT2D eigenvalue weighted by Crippen LogP contribution is -1.43. The Labute approximate surface area is 127 Å². The fourth-order valence-electron chi connectivity index (χ4n) is 0. The Bertz CT molecular complexity index is 99.2. The average molecular weight is 273 g/mol. The van der Waals surface area contributed by atoms with Crippen LogP contribution in [0.3, 0.4) is 0 Å². The van der Waals surface area contributed by atoms with Crippen LogP contribution in [0.15, 0.2) is 50.1 Å². The first-order valence-electron chi connectivity index (χ1n) is 7.33. The second-order valence-electron chi connectivity index (χ2n) is 2.28. The third kappa shape index (κ3) is 2370000. The first-order valence-corrected chi connectivity index (χ1v) is 7.33. The van der Waals surface area contributed by atoms with Crippen molar-refractivity contribution in [1.82, 2.24) is 0 Å². The summed E-state index contributed by atoms with van der Waals surface area (Å²) >= 11 is 0. The van der Waals surface area contributed by atoms with Gasteiger partial charge in [0.05, 0.1) is 0 Å². The molecule has 19 heavy (non-hydrogen) atoms. The molecular weight excluding hydrogens is 228 g/mol. The average Bonchev–Trinajstić information content (AvgIpc) is 2.47. The van der Waals surface area contributed by atoms with Crippen molar-refractivity contribution in [3.63, 3.8) is 0 Å². The van der Waals surface area contributed by atoms with Gasteiger partial charge in [0.1, 0.15) is 0 Å². The van der Waals surface area contributed by atoms with E-state index in [1.165, 1.54) is 5.57 Å². The SMILES string of the molecule is C/C=C\C.C=C.C=C(C)C.C=CC.CC.CC.CC. The molecule has 0 amide bonds. The molecule has 0 unspecified atom stereocenters. The van der Waals surface area contributed by atoms with E-state index in [0.717, 1.165) is 0 Å². The van der Waals surface area contributed by atoms with Gasteiger partial charge in [0.2, 0.25) is 0 Å². The van der Waals surface area contributed by atoms with Crippen molar-refractivity contribution < 1.29 is 0 Å². The molecule has 0 heteroatoms. The van der Waals surface area contributed by atoms with E-state index in [1.54, 1.807) is 6.08 Å². The quantitative estimate of drug-likeness (QED) is 0.389. The molecule has 120 valence electrons. The van der Waals surface area contributed by atoms with Crippen molar-refractivity contribution in [3.8, 4) is 0 Å². The van der Waals surface area contributed by atoms with E-state index in [9.17, 15) is 0 Å². The molecule has 0 aliphatic carbocycles. The monoisotopic (exact) mass is 272 g/mol. The van der Waals surface area contributed by atoms with Crippen LogP contribution in [0.4, 0.5) is 0 Å². The molecule has 0 atom stereocenters. The first-order chi connectivity index (χ1) is 9.06. The molecular formula is C19H44. The minimum absolute atomic E-state index is 1.17. The van der Waals surface area contributed by atoms with Gasteiger partial charge in [-0.3, -0.25) is 0 Å². The maximum atomic E-state index is 3.56. The van der Waals surface area contributed by atoms with Crippen molar-refractivity contribution >= 4 is 0 Å². The summed E-state index contributed by atoms with van der Waals surface area (Å²) in [5.41, 5.74) is 1.17. The highest BCUT2D eigenvalue weighted by molar-refractivity contribution is 4.78. The van der Waals surface area contributed by atoms with Crippen molar-refractivity contribution in [3.05, 3.63) is 50.1 Å². The summed E-state index contributed by atoms with van der Waals surface area (Å²) in [7, 11) is 0. The van der Waals surface area contributed by atoms with Gasteiger partial charge in [-0.25, -0.2) is 0 Å². The van der Waals surface area contributed by atoms with E-state index in [0.29, 0.717) is 0 Å². The third-order valence-corrected chi connectivity index (χ3v) is 0.333. The topological polar surface area (TPSA) is 0 Å². The van der Waals surface area contributed by atoms with Gasteiger partial charge >= 0.3 is 0 Å². The second kappa shape index (κ2) is 176. The molecule has 0 bridgehead atoms. The Morgan fingerprint density at radius 1 is 0.684 bits per heavy atom. The normalized spacial score (nSPS) is 5.21. The van der Waals surface area contributed by atoms with Crippen LogP contribution in [0.25, 0.3) is 0 Å². The van der Waals surface area contributed by atoms with Gasteiger partial charge in [-0.2, -0.15) is 0 Å². The molecule has 0 rings (SSSR count). The number of allylic oxidation sites excluding steroid dienone is 4. The van der Waals surface area contributed by atoms with Gasteiger partial charge in [0, 0.05) is 0 Å². The zero-order valence-electron chi connectivity index (χ0n) is 16.1. The van der Waals surface area contributed by atoms with Gasteiger partial charge in [-0.05, 0) is 34.6 Å². The smallest absolute Gasteiger partial charge is 0.0445 e. The zero-order chi connectivity index (χ0) is 17.7. The van der Waals surface area contributed by atoms with Crippen LogP contribution in [0.1, 0.15) is 76.2 Å². The van der Waals surface area contributed by atoms with E-state index in [1.807, 2.05) is 88.3 Å². The Balaban J connectivity index is -0.0000000182. The number of hydrogen-bond acceptors (Lipinski definition) is 0. The van der Waals surface area contributed by atoms with E-state index >= 15 is 0 Å². The molecule has 0 aliphatic heterocycles. The molecule has 0 N–H and O–H groups in total. The number of hydrogen-bond donors (Lipinski definition) is 0. The van der Waals surface area contributed by atoms with Crippen LogP contribution in [-0.4, -0.2) is 0 Å². The fourth-order valence-corrected chi connectivity index (χ4v) is 0. The van der Waals surface area contributed by atoms with Crippen molar-refractivity contribution in [2.24, 2.45) is 0 Å². The molecule has 0 fully saturated rings. The molecule has 0 saturated carbocycles. The lowest BCUT2D eigenvalue weighted by atomic mass is 10.4. The molecule has 0 saturated heterocycles. The molecule has 0 aromatic carbocycles. The third-order valence-electron chi connectivity index (χ3n) is 0.333. The van der Waals surface area contributed by atoms with E-state index < -0.39 is 0 Å². The maximum absolute atomic E-state index is 3.56. The highest BCUT2D eigenvalue weighted by Crippen LogP contribution is 1.73. The van der Waals surface area contributed by atoms with Gasteiger partial charge < -0.3 is 0 Å². The molecule has 0 aliphatic rings. The summed E-state index contributed by atoms with van der Waals surface area (Å²) < 4.78 is 0. The van der Waals surface area contributed by atoms with E-state index in [-0.39, 0.29) is 0 Å². The van der Waals surface area contributed by atoms with Crippen LogP contribution in [0, 0.1) is 0 Å². The predicted octanol–water partition coefficient (Wildman–Crippen LogP) is 8.24. The van der Waals surface area contributed by atoms with Crippen molar-refractivity contribution in [2.75, 3.05) is 0 Å². The molecule has 0 nitrogen and oxygen atoms in total. The van der Waals surface area contributed by atoms with Crippen molar-refractivity contribution in [2.45, 2.75) is 76.2 Å². The summed E-state index contributed by atoms with van der Waals surface area (Å²) in [5.74, 6) is 0. The van der Waals surface area contributed by atoms with Crippen LogP contribution >= 0.6 is 0 Å². The largest absolute Gasteiger partial charge is 0.106 e. The highest BCUT2D eigenvalue weighted by Gasteiger charge is 1.51. The van der Waals surface area contributed by atoms with Gasteiger partial charge in [-0.1, -0.05) is 65.3 Å². The van der Waals surface area contributed by atoms with Crippen LogP contribution in [0.2, 0.25) is 0 Å². The molecule has 0 aromatic heterocycles. The summed E-state index contributed by atoms with van der Waals surface area (Å²) in [6.07, 6.45) is 5.75. The van der Waals surface area contributed by atoms with Gasteiger partial charge in [-0.15, -0.1) is 26.3 Å². The van der Waals surface area contributed by atoms with Crippen LogP contribution in [-0.2, 0) is 0 Å². The van der Waals surface area contributed by atoms with Gasteiger partial charge in [0.25, 0.3) is 0 Å². The first kappa shape index (κ1) is 43.0. The maximum Gasteiger partial charge on any atom is -0.0445 e. The predicted molar refractivity (Wildman–Crippen MR) is 102 cm³/mol. The van der Waals surface area contributed by atoms with E-state index in [2.05, 4.69) is 26.3 Å². The minimum atomic E-state index is 1.17. The molecule has 0 aromatic rings. The van der Waals surface area contributed by atoms with Crippen LogP contribution in [0.5, 0.6) is 0 Å². The van der Waals surface area contributed by atoms with Gasteiger partial charge in [0.15, 0.2) is 0 Å². The zero-order valence-corrected chi connectivity index (χ0v) is 16.1. The summed E-state index contributed by atoms with van der Waals surface area (Å²) in [5, 5.41) is 0. The Morgan fingerprint density at radius 2 is 0.737 bits per heavy atom. The molecule has 0 radical (unpaired) electrons. The summed E-state index contributed by atoms with van der Waals surface area (Å²) in [6.45, 7) is 34.8. The Kier molecular flexibility index (Phi) is 397.